The molecule has 144 valence electrons. The Morgan fingerprint density at radius 1 is 1.25 bits per heavy atom. The van der Waals surface area contributed by atoms with Crippen LogP contribution in [-0.4, -0.2) is 43.2 Å². The fourth-order valence-corrected chi connectivity index (χ4v) is 3.84. The van der Waals surface area contributed by atoms with Crippen molar-refractivity contribution < 1.29 is 14.7 Å². The Bertz CT molecular complexity index is 1090. The van der Waals surface area contributed by atoms with E-state index in [-0.39, 0.29) is 18.5 Å². The Morgan fingerprint density at radius 3 is 2.71 bits per heavy atom. The van der Waals surface area contributed by atoms with Gasteiger partial charge < -0.3 is 10.0 Å². The fourth-order valence-electron chi connectivity index (χ4n) is 3.84. The van der Waals surface area contributed by atoms with Gasteiger partial charge in [-0.2, -0.15) is 5.10 Å². The van der Waals surface area contributed by atoms with E-state index in [1.165, 1.54) is 0 Å². The van der Waals surface area contributed by atoms with E-state index in [0.29, 0.717) is 23.1 Å². The fraction of sp³-hybridized carbons (Fsp3) is 0.333. The Morgan fingerprint density at radius 2 is 2.00 bits per heavy atom. The molecule has 1 aromatic carbocycles. The molecule has 0 spiro atoms. The van der Waals surface area contributed by atoms with Crippen molar-refractivity contribution in [2.24, 2.45) is 0 Å². The summed E-state index contributed by atoms with van der Waals surface area (Å²) < 4.78 is 1.80. The number of carbonyl (C=O) groups excluding carboxylic acids is 1. The summed E-state index contributed by atoms with van der Waals surface area (Å²) in [5.41, 5.74) is 3.56. The van der Waals surface area contributed by atoms with Gasteiger partial charge in [0.15, 0.2) is 5.65 Å². The van der Waals surface area contributed by atoms with E-state index in [4.69, 9.17) is 0 Å². The van der Waals surface area contributed by atoms with Gasteiger partial charge in [-0.15, -0.1) is 0 Å². The molecule has 1 atom stereocenters. The number of aliphatic carboxylic acids is 1. The van der Waals surface area contributed by atoms with Gasteiger partial charge in [0, 0.05) is 24.8 Å². The number of benzene rings is 1. The van der Waals surface area contributed by atoms with Crippen molar-refractivity contribution in [1.29, 1.82) is 0 Å². The Kier molecular flexibility index (Phi) is 4.37. The molecule has 0 fully saturated rings. The minimum atomic E-state index is -0.923. The second-order valence-corrected chi connectivity index (χ2v) is 7.51. The van der Waals surface area contributed by atoms with Crippen LogP contribution in [-0.2, 0) is 11.3 Å². The molecule has 0 aliphatic carbocycles. The molecule has 0 bridgehead atoms. The molecule has 7 nitrogen and oxygen atoms in total. The molecule has 7 heteroatoms. The zero-order valence-corrected chi connectivity index (χ0v) is 16.1. The molecular weight excluding hydrogens is 356 g/mol. The first-order valence-electron chi connectivity index (χ1n) is 9.31. The minimum Gasteiger partial charge on any atom is -0.481 e. The summed E-state index contributed by atoms with van der Waals surface area (Å²) in [6.45, 7) is 6.40. The first-order valence-corrected chi connectivity index (χ1v) is 9.31. The number of carboxylic acids is 1. The maximum Gasteiger partial charge on any atom is 0.312 e. The Hall–Kier alpha value is -3.22. The number of hydrogen-bond donors (Lipinski definition) is 1. The van der Waals surface area contributed by atoms with Gasteiger partial charge in [-0.25, -0.2) is 9.67 Å². The number of aryl methyl sites for hydroxylation is 1. The van der Waals surface area contributed by atoms with Gasteiger partial charge in [0.25, 0.3) is 5.91 Å². The topological polar surface area (TPSA) is 88.3 Å². The molecule has 1 amide bonds. The van der Waals surface area contributed by atoms with Crippen LogP contribution in [0.2, 0.25) is 0 Å². The van der Waals surface area contributed by atoms with Gasteiger partial charge in [0.2, 0.25) is 0 Å². The number of carboxylic acid groups (broad SMARTS) is 1. The molecule has 1 N–H and O–H groups in total. The van der Waals surface area contributed by atoms with Gasteiger partial charge in [0.1, 0.15) is 0 Å². The van der Waals surface area contributed by atoms with Crippen LogP contribution < -0.4 is 0 Å². The van der Waals surface area contributed by atoms with Crippen LogP contribution in [0.3, 0.4) is 0 Å². The van der Waals surface area contributed by atoms with Crippen LogP contribution in [0.15, 0.2) is 36.5 Å². The highest BCUT2D eigenvalue weighted by Gasteiger charge is 2.33. The molecule has 0 radical (unpaired) electrons. The number of hydrogen-bond acceptors (Lipinski definition) is 4. The Balaban J connectivity index is 1.77. The van der Waals surface area contributed by atoms with Crippen LogP contribution >= 0.6 is 0 Å². The lowest BCUT2D eigenvalue weighted by molar-refractivity contribution is -0.139. The number of rotatable bonds is 3. The third-order valence-corrected chi connectivity index (χ3v) is 5.19. The van der Waals surface area contributed by atoms with E-state index in [9.17, 15) is 14.7 Å². The van der Waals surface area contributed by atoms with Crippen molar-refractivity contribution in [2.45, 2.75) is 39.3 Å². The zero-order chi connectivity index (χ0) is 20.0. The van der Waals surface area contributed by atoms with Crippen LogP contribution in [0, 0.1) is 6.92 Å². The van der Waals surface area contributed by atoms with Crippen molar-refractivity contribution in [3.05, 3.63) is 58.9 Å². The second kappa shape index (κ2) is 6.74. The smallest absolute Gasteiger partial charge is 0.312 e. The molecule has 0 saturated heterocycles. The van der Waals surface area contributed by atoms with E-state index in [1.807, 2.05) is 45.0 Å². The molecule has 1 aliphatic rings. The van der Waals surface area contributed by atoms with Crippen LogP contribution in [0.1, 0.15) is 53.0 Å². The van der Waals surface area contributed by atoms with Crippen molar-refractivity contribution in [3.63, 3.8) is 0 Å². The summed E-state index contributed by atoms with van der Waals surface area (Å²) in [6, 6.07) is 9.29. The van der Waals surface area contributed by atoms with E-state index in [2.05, 4.69) is 10.1 Å². The average molecular weight is 378 g/mol. The van der Waals surface area contributed by atoms with Crippen LogP contribution in [0.5, 0.6) is 0 Å². The number of nitrogens with zero attached hydrogens (tertiary/aromatic N) is 4. The minimum absolute atomic E-state index is 0.119. The largest absolute Gasteiger partial charge is 0.481 e. The number of carbonyl (C=O) groups is 2. The maximum absolute atomic E-state index is 13.4. The monoisotopic (exact) mass is 378 g/mol. The standard InChI is InChI=1S/C21H22N4O3/c1-12(2)25-19-17(9-22-25)16(8-13(3)23-19)20(26)24-10-14-6-4-5-7-15(14)18(11-24)21(27)28/h4-9,12,18H,10-11H2,1-3H3,(H,27,28). The average Bonchev–Trinajstić information content (AvgIpc) is 3.09. The molecule has 1 unspecified atom stereocenters. The number of pyridine rings is 1. The lowest BCUT2D eigenvalue weighted by atomic mass is 9.89. The second-order valence-electron chi connectivity index (χ2n) is 7.51. The summed E-state index contributed by atoms with van der Waals surface area (Å²) in [4.78, 5) is 31.4. The van der Waals surface area contributed by atoms with Crippen molar-refractivity contribution in [3.8, 4) is 0 Å². The first-order chi connectivity index (χ1) is 13.4. The highest BCUT2D eigenvalue weighted by molar-refractivity contribution is 6.05. The number of fused-ring (bicyclic) bond motifs is 2. The molecular formula is C21H22N4O3. The van der Waals surface area contributed by atoms with Gasteiger partial charge in [-0.05, 0) is 38.0 Å². The highest BCUT2D eigenvalue weighted by atomic mass is 16.4. The molecule has 4 rings (SSSR count). The molecule has 1 aliphatic heterocycles. The summed E-state index contributed by atoms with van der Waals surface area (Å²) in [5.74, 6) is -1.85. The predicted octanol–water partition coefficient (Wildman–Crippen LogP) is 3.14. The van der Waals surface area contributed by atoms with Crippen molar-refractivity contribution in [1.82, 2.24) is 19.7 Å². The SMILES string of the molecule is Cc1cc(C(=O)N2Cc3ccccc3C(C(=O)O)C2)c2cnn(C(C)C)c2n1. The molecule has 0 saturated carbocycles. The molecule has 28 heavy (non-hydrogen) atoms. The van der Waals surface area contributed by atoms with Crippen molar-refractivity contribution in [2.75, 3.05) is 6.54 Å². The predicted molar refractivity (Wildman–Crippen MR) is 104 cm³/mol. The van der Waals surface area contributed by atoms with Gasteiger partial charge in [-0.1, -0.05) is 24.3 Å². The Labute approximate surface area is 162 Å². The van der Waals surface area contributed by atoms with Crippen LogP contribution in [0.4, 0.5) is 0 Å². The molecule has 3 aromatic rings. The van der Waals surface area contributed by atoms with E-state index >= 15 is 0 Å². The quantitative estimate of drug-likeness (QED) is 0.756. The summed E-state index contributed by atoms with van der Waals surface area (Å²) >= 11 is 0. The normalized spacial score (nSPS) is 16.4. The summed E-state index contributed by atoms with van der Waals surface area (Å²) in [7, 11) is 0. The first kappa shape index (κ1) is 18.2. The number of amides is 1. The van der Waals surface area contributed by atoms with Crippen molar-refractivity contribution >= 4 is 22.9 Å². The zero-order valence-electron chi connectivity index (χ0n) is 16.1. The van der Waals surface area contributed by atoms with E-state index in [0.717, 1.165) is 16.8 Å². The third-order valence-electron chi connectivity index (χ3n) is 5.19. The third kappa shape index (κ3) is 2.93. The van der Waals surface area contributed by atoms with Crippen LogP contribution in [0.25, 0.3) is 11.0 Å². The number of aromatic nitrogens is 3. The molecule has 3 heterocycles. The summed E-state index contributed by atoms with van der Waals surface area (Å²) in [5, 5.41) is 14.8. The van der Waals surface area contributed by atoms with Gasteiger partial charge >= 0.3 is 5.97 Å². The van der Waals surface area contributed by atoms with E-state index < -0.39 is 11.9 Å². The lowest BCUT2D eigenvalue weighted by Crippen LogP contribution is -2.40. The maximum atomic E-state index is 13.4. The van der Waals surface area contributed by atoms with E-state index in [1.54, 1.807) is 21.8 Å². The lowest BCUT2D eigenvalue weighted by Gasteiger charge is -2.33. The van der Waals surface area contributed by atoms with Gasteiger partial charge in [0.05, 0.1) is 23.1 Å². The summed E-state index contributed by atoms with van der Waals surface area (Å²) in [6.07, 6.45) is 1.67. The molecule has 2 aromatic heterocycles. The highest BCUT2D eigenvalue weighted by Crippen LogP contribution is 2.31. The van der Waals surface area contributed by atoms with Gasteiger partial charge in [-0.3, -0.25) is 9.59 Å².